The first kappa shape index (κ1) is 13.8. The average molecular weight is 260 g/mol. The molecule has 1 rings (SSSR count). The summed E-state index contributed by atoms with van der Waals surface area (Å²) in [5.41, 5.74) is 0. The van der Waals surface area contributed by atoms with Gasteiger partial charge in [-0.3, -0.25) is 9.59 Å². The number of carbonyl (C=O) groups excluding carboxylic acids is 2. The molecular weight excluding hydrogens is 244 g/mol. The van der Waals surface area contributed by atoms with Gasteiger partial charge in [-0.1, -0.05) is 0 Å². The summed E-state index contributed by atoms with van der Waals surface area (Å²) in [5.74, 6) is -0.185. The normalized spacial score (nSPS) is 19.8. The molecule has 17 heavy (non-hydrogen) atoms. The van der Waals surface area contributed by atoms with E-state index in [1.54, 1.807) is 0 Å². The highest BCUT2D eigenvalue weighted by atomic mass is 32.2. The Morgan fingerprint density at radius 3 is 2.76 bits per heavy atom. The van der Waals surface area contributed by atoms with E-state index in [1.165, 1.54) is 23.6 Å². The molecule has 0 radical (unpaired) electrons. The van der Waals surface area contributed by atoms with E-state index in [0.29, 0.717) is 12.3 Å². The number of amides is 2. The summed E-state index contributed by atoms with van der Waals surface area (Å²) in [4.78, 5) is 34.8. The number of carboxylic acids is 1. The van der Waals surface area contributed by atoms with Crippen molar-refractivity contribution >= 4 is 29.5 Å². The van der Waals surface area contributed by atoms with Gasteiger partial charge in [0.25, 0.3) is 0 Å². The molecule has 0 aliphatic carbocycles. The van der Waals surface area contributed by atoms with E-state index in [4.69, 9.17) is 5.11 Å². The summed E-state index contributed by atoms with van der Waals surface area (Å²) < 4.78 is 0. The molecule has 1 heterocycles. The highest BCUT2D eigenvalue weighted by molar-refractivity contribution is 7.99. The van der Waals surface area contributed by atoms with Crippen LogP contribution in [-0.2, 0) is 14.4 Å². The molecule has 1 atom stereocenters. The minimum atomic E-state index is -0.968. The molecule has 1 saturated heterocycles. The highest BCUT2D eigenvalue weighted by Gasteiger charge is 2.31. The SMILES string of the molecule is CC(=O)NCCC(=O)N1CCSCC1C(=O)O. The second kappa shape index (κ2) is 6.48. The van der Waals surface area contributed by atoms with Gasteiger partial charge in [-0.15, -0.1) is 0 Å². The van der Waals surface area contributed by atoms with Crippen LogP contribution in [0.4, 0.5) is 0 Å². The zero-order valence-corrected chi connectivity index (χ0v) is 10.5. The van der Waals surface area contributed by atoms with E-state index >= 15 is 0 Å². The second-order valence-electron chi connectivity index (χ2n) is 3.75. The van der Waals surface area contributed by atoms with Crippen LogP contribution in [0.1, 0.15) is 13.3 Å². The van der Waals surface area contributed by atoms with Crippen LogP contribution >= 0.6 is 11.8 Å². The van der Waals surface area contributed by atoms with Crippen molar-refractivity contribution in [2.45, 2.75) is 19.4 Å². The van der Waals surface area contributed by atoms with E-state index in [1.807, 2.05) is 0 Å². The van der Waals surface area contributed by atoms with Gasteiger partial charge in [0.05, 0.1) is 0 Å². The van der Waals surface area contributed by atoms with E-state index in [-0.39, 0.29) is 24.8 Å². The van der Waals surface area contributed by atoms with Crippen molar-refractivity contribution < 1.29 is 19.5 Å². The molecule has 6 nitrogen and oxygen atoms in total. The summed E-state index contributed by atoms with van der Waals surface area (Å²) in [5, 5.41) is 11.5. The number of carbonyl (C=O) groups is 3. The third-order valence-corrected chi connectivity index (χ3v) is 3.47. The lowest BCUT2D eigenvalue weighted by Crippen LogP contribution is -2.50. The van der Waals surface area contributed by atoms with Crippen LogP contribution in [0.2, 0.25) is 0 Å². The van der Waals surface area contributed by atoms with E-state index < -0.39 is 12.0 Å². The largest absolute Gasteiger partial charge is 0.480 e. The fraction of sp³-hybridized carbons (Fsp3) is 0.700. The Balaban J connectivity index is 2.47. The van der Waals surface area contributed by atoms with E-state index in [2.05, 4.69) is 5.32 Å². The molecule has 1 fully saturated rings. The summed E-state index contributed by atoms with van der Waals surface area (Å²) in [7, 11) is 0. The van der Waals surface area contributed by atoms with Crippen molar-refractivity contribution in [1.82, 2.24) is 10.2 Å². The molecule has 0 aromatic heterocycles. The van der Waals surface area contributed by atoms with Gasteiger partial charge < -0.3 is 15.3 Å². The number of hydrogen-bond acceptors (Lipinski definition) is 4. The molecular formula is C10H16N2O4S. The van der Waals surface area contributed by atoms with Crippen molar-refractivity contribution in [3.05, 3.63) is 0 Å². The average Bonchev–Trinajstić information content (AvgIpc) is 2.28. The van der Waals surface area contributed by atoms with Crippen LogP contribution in [0.25, 0.3) is 0 Å². The lowest BCUT2D eigenvalue weighted by Gasteiger charge is -2.32. The number of thioether (sulfide) groups is 1. The van der Waals surface area contributed by atoms with Crippen molar-refractivity contribution in [2.75, 3.05) is 24.6 Å². The first-order valence-corrected chi connectivity index (χ1v) is 6.52. The second-order valence-corrected chi connectivity index (χ2v) is 4.90. The predicted octanol–water partition coefficient (Wildman–Crippen LogP) is -0.459. The fourth-order valence-electron chi connectivity index (χ4n) is 1.60. The summed E-state index contributed by atoms with van der Waals surface area (Å²) >= 11 is 1.54. The maximum Gasteiger partial charge on any atom is 0.327 e. The molecule has 1 aliphatic rings. The summed E-state index contributed by atoms with van der Waals surface area (Å²) in [6, 6.07) is -0.737. The molecule has 1 aliphatic heterocycles. The number of nitrogens with one attached hydrogen (secondary N) is 1. The number of carboxylic acid groups (broad SMARTS) is 1. The van der Waals surface area contributed by atoms with Crippen LogP contribution in [0.5, 0.6) is 0 Å². The Kier molecular flexibility index (Phi) is 5.27. The number of hydrogen-bond donors (Lipinski definition) is 2. The Hall–Kier alpha value is -1.24. The maximum absolute atomic E-state index is 11.8. The van der Waals surface area contributed by atoms with Gasteiger partial charge in [0.15, 0.2) is 0 Å². The number of aliphatic carboxylic acids is 1. The van der Waals surface area contributed by atoms with Crippen LogP contribution in [0, 0.1) is 0 Å². The lowest BCUT2D eigenvalue weighted by molar-refractivity contribution is -0.149. The molecule has 0 aromatic carbocycles. The molecule has 1 unspecified atom stereocenters. The fourth-order valence-corrected chi connectivity index (χ4v) is 2.63. The minimum Gasteiger partial charge on any atom is -0.480 e. The zero-order valence-electron chi connectivity index (χ0n) is 9.64. The molecule has 2 amide bonds. The first-order chi connectivity index (χ1) is 8.02. The Labute approximate surface area is 104 Å². The predicted molar refractivity (Wildman–Crippen MR) is 63.8 cm³/mol. The van der Waals surface area contributed by atoms with Crippen molar-refractivity contribution in [3.8, 4) is 0 Å². The van der Waals surface area contributed by atoms with Gasteiger partial charge in [-0.2, -0.15) is 11.8 Å². The monoisotopic (exact) mass is 260 g/mol. The molecule has 2 N–H and O–H groups in total. The smallest absolute Gasteiger partial charge is 0.327 e. The number of rotatable bonds is 4. The van der Waals surface area contributed by atoms with Gasteiger partial charge in [0.1, 0.15) is 6.04 Å². The quantitative estimate of drug-likeness (QED) is 0.714. The Bertz CT molecular complexity index is 321. The Morgan fingerprint density at radius 2 is 2.18 bits per heavy atom. The van der Waals surface area contributed by atoms with Gasteiger partial charge in [-0.05, 0) is 0 Å². The third kappa shape index (κ3) is 4.26. The number of nitrogens with zero attached hydrogens (tertiary/aromatic N) is 1. The lowest BCUT2D eigenvalue weighted by atomic mass is 10.2. The molecule has 7 heteroatoms. The highest BCUT2D eigenvalue weighted by Crippen LogP contribution is 2.17. The molecule has 96 valence electrons. The van der Waals surface area contributed by atoms with Crippen molar-refractivity contribution in [2.24, 2.45) is 0 Å². The van der Waals surface area contributed by atoms with Crippen LogP contribution < -0.4 is 5.32 Å². The van der Waals surface area contributed by atoms with E-state index in [9.17, 15) is 14.4 Å². The minimum absolute atomic E-state index is 0.147. The zero-order chi connectivity index (χ0) is 12.8. The topological polar surface area (TPSA) is 86.7 Å². The van der Waals surface area contributed by atoms with Crippen molar-refractivity contribution in [1.29, 1.82) is 0 Å². The van der Waals surface area contributed by atoms with Gasteiger partial charge in [0.2, 0.25) is 11.8 Å². The van der Waals surface area contributed by atoms with E-state index in [0.717, 1.165) is 5.75 Å². The van der Waals surface area contributed by atoms with Crippen LogP contribution in [0.15, 0.2) is 0 Å². The Morgan fingerprint density at radius 1 is 1.47 bits per heavy atom. The van der Waals surface area contributed by atoms with Crippen LogP contribution in [0.3, 0.4) is 0 Å². The molecule has 0 bridgehead atoms. The van der Waals surface area contributed by atoms with Gasteiger partial charge in [0, 0.05) is 37.9 Å². The van der Waals surface area contributed by atoms with Gasteiger partial charge >= 0.3 is 5.97 Å². The molecule has 0 spiro atoms. The van der Waals surface area contributed by atoms with Crippen LogP contribution in [-0.4, -0.2) is 58.4 Å². The van der Waals surface area contributed by atoms with Crippen molar-refractivity contribution in [3.63, 3.8) is 0 Å². The van der Waals surface area contributed by atoms with Gasteiger partial charge in [-0.25, -0.2) is 4.79 Å². The maximum atomic E-state index is 11.8. The summed E-state index contributed by atoms with van der Waals surface area (Å²) in [6.45, 7) is 2.09. The molecule has 0 saturated carbocycles. The standard InChI is InChI=1S/C10H16N2O4S/c1-7(13)11-3-2-9(14)12-4-5-17-6-8(12)10(15)16/h8H,2-6H2,1H3,(H,11,13)(H,15,16). The summed E-state index contributed by atoms with van der Waals surface area (Å²) in [6.07, 6.45) is 0.147. The molecule has 0 aromatic rings. The first-order valence-electron chi connectivity index (χ1n) is 5.37. The third-order valence-electron chi connectivity index (χ3n) is 2.45.